The minimum Gasteiger partial charge on any atom is -0.439 e. The Labute approximate surface area is 192 Å². The molecule has 1 aromatic heterocycles. The maximum atomic E-state index is 14.2. The number of amides is 2. The molecule has 166 valence electrons. The standard InChI is InChI=1S/C27H25N3O3/c1-18-16-29(17-28-18)27(3,23-14-13-20-9-7-8-12-22(20)15-23)25(31)30-19(2)24(33-26(30)32)21-10-5-4-6-11-21/h4-17,19,24H,1-3H3. The molecule has 6 heteroatoms. The fourth-order valence-corrected chi connectivity index (χ4v) is 4.60. The molecule has 4 aromatic rings. The zero-order valence-corrected chi connectivity index (χ0v) is 18.8. The highest BCUT2D eigenvalue weighted by atomic mass is 16.6. The van der Waals surface area contributed by atoms with Gasteiger partial charge in [-0.15, -0.1) is 0 Å². The van der Waals surface area contributed by atoms with E-state index in [2.05, 4.69) is 4.98 Å². The normalized spacial score (nSPS) is 20.0. The van der Waals surface area contributed by atoms with Crippen LogP contribution in [0.2, 0.25) is 0 Å². The van der Waals surface area contributed by atoms with Crippen molar-refractivity contribution in [2.45, 2.75) is 38.5 Å². The molecule has 2 heterocycles. The van der Waals surface area contributed by atoms with E-state index in [1.54, 1.807) is 10.9 Å². The molecule has 5 rings (SSSR count). The Morgan fingerprint density at radius 2 is 1.70 bits per heavy atom. The molecule has 1 saturated heterocycles. The van der Waals surface area contributed by atoms with E-state index in [0.29, 0.717) is 0 Å². The number of fused-ring (bicyclic) bond motifs is 1. The summed E-state index contributed by atoms with van der Waals surface area (Å²) >= 11 is 0. The third kappa shape index (κ3) is 3.39. The highest BCUT2D eigenvalue weighted by molar-refractivity contribution is 6.00. The summed E-state index contributed by atoms with van der Waals surface area (Å²) in [4.78, 5) is 32.8. The van der Waals surface area contributed by atoms with E-state index in [0.717, 1.165) is 27.6 Å². The van der Waals surface area contributed by atoms with Crippen molar-refractivity contribution in [3.63, 3.8) is 0 Å². The molecule has 6 nitrogen and oxygen atoms in total. The largest absolute Gasteiger partial charge is 0.439 e. The van der Waals surface area contributed by atoms with Gasteiger partial charge in [0.05, 0.1) is 18.1 Å². The first kappa shape index (κ1) is 20.9. The van der Waals surface area contributed by atoms with Gasteiger partial charge in [-0.2, -0.15) is 0 Å². The van der Waals surface area contributed by atoms with Crippen molar-refractivity contribution in [2.24, 2.45) is 0 Å². The van der Waals surface area contributed by atoms with Crippen molar-refractivity contribution < 1.29 is 14.3 Å². The second-order valence-corrected chi connectivity index (χ2v) is 8.69. The second kappa shape index (κ2) is 7.89. The number of aryl methyl sites for hydroxylation is 1. The molecule has 0 N–H and O–H groups in total. The molecule has 3 unspecified atom stereocenters. The maximum absolute atomic E-state index is 14.2. The average molecular weight is 440 g/mol. The van der Waals surface area contributed by atoms with Crippen LogP contribution < -0.4 is 0 Å². The number of imidazole rings is 1. The summed E-state index contributed by atoms with van der Waals surface area (Å²) in [6.07, 6.45) is 2.31. The molecule has 33 heavy (non-hydrogen) atoms. The van der Waals surface area contributed by atoms with Gasteiger partial charge in [0.15, 0.2) is 0 Å². The summed E-state index contributed by atoms with van der Waals surface area (Å²) in [7, 11) is 0. The minimum absolute atomic E-state index is 0.355. The van der Waals surface area contributed by atoms with Crippen LogP contribution in [-0.4, -0.2) is 32.5 Å². The summed E-state index contributed by atoms with van der Waals surface area (Å²) < 4.78 is 7.46. The van der Waals surface area contributed by atoms with Crippen LogP contribution in [0.3, 0.4) is 0 Å². The number of rotatable bonds is 4. The zero-order valence-electron chi connectivity index (χ0n) is 18.8. The average Bonchev–Trinajstić information content (AvgIpc) is 3.41. The van der Waals surface area contributed by atoms with Crippen LogP contribution in [0.5, 0.6) is 0 Å². The number of hydrogen-bond acceptors (Lipinski definition) is 4. The Kier molecular flexibility index (Phi) is 5.01. The van der Waals surface area contributed by atoms with E-state index in [9.17, 15) is 9.59 Å². The van der Waals surface area contributed by atoms with Crippen LogP contribution in [0.25, 0.3) is 10.8 Å². The number of imide groups is 1. The van der Waals surface area contributed by atoms with Gasteiger partial charge in [-0.25, -0.2) is 14.7 Å². The number of cyclic esters (lactones) is 1. The smallest absolute Gasteiger partial charge is 0.417 e. The quantitative estimate of drug-likeness (QED) is 0.438. The molecule has 1 fully saturated rings. The van der Waals surface area contributed by atoms with E-state index in [-0.39, 0.29) is 5.91 Å². The second-order valence-electron chi connectivity index (χ2n) is 8.69. The van der Waals surface area contributed by atoms with E-state index >= 15 is 0 Å². The summed E-state index contributed by atoms with van der Waals surface area (Å²) in [5.41, 5.74) is 1.23. The van der Waals surface area contributed by atoms with Gasteiger partial charge in [-0.1, -0.05) is 66.7 Å². The van der Waals surface area contributed by atoms with Crippen molar-refractivity contribution in [2.75, 3.05) is 0 Å². The molecule has 0 bridgehead atoms. The van der Waals surface area contributed by atoms with E-state index in [1.807, 2.05) is 99.8 Å². The lowest BCUT2D eigenvalue weighted by molar-refractivity contribution is -0.135. The van der Waals surface area contributed by atoms with E-state index in [1.165, 1.54) is 4.90 Å². The van der Waals surface area contributed by atoms with Crippen LogP contribution in [0.1, 0.15) is 36.8 Å². The van der Waals surface area contributed by atoms with Crippen LogP contribution in [0, 0.1) is 6.92 Å². The minimum atomic E-state index is -1.19. The summed E-state index contributed by atoms with van der Waals surface area (Å²) in [5.74, 6) is -0.355. The predicted molar refractivity (Wildman–Crippen MR) is 126 cm³/mol. The molecule has 2 amide bonds. The van der Waals surface area contributed by atoms with Gasteiger partial charge in [0.1, 0.15) is 11.6 Å². The third-order valence-corrected chi connectivity index (χ3v) is 6.57. The predicted octanol–water partition coefficient (Wildman–Crippen LogP) is 5.22. The highest BCUT2D eigenvalue weighted by Crippen LogP contribution is 2.38. The number of hydrogen-bond donors (Lipinski definition) is 0. The molecular weight excluding hydrogens is 414 g/mol. The van der Waals surface area contributed by atoms with Crippen LogP contribution in [-0.2, 0) is 15.1 Å². The third-order valence-electron chi connectivity index (χ3n) is 6.57. The molecule has 3 aromatic carbocycles. The van der Waals surface area contributed by atoms with Crippen molar-refractivity contribution in [3.05, 3.63) is 102 Å². The van der Waals surface area contributed by atoms with Gasteiger partial charge < -0.3 is 9.30 Å². The molecule has 0 aliphatic carbocycles. The Balaban J connectivity index is 1.61. The van der Waals surface area contributed by atoms with Gasteiger partial charge in [0.25, 0.3) is 5.91 Å². The first-order valence-electron chi connectivity index (χ1n) is 11.0. The molecule has 3 atom stereocenters. The fraction of sp³-hybridized carbons (Fsp3) is 0.222. The monoisotopic (exact) mass is 439 g/mol. The van der Waals surface area contributed by atoms with Crippen LogP contribution in [0.15, 0.2) is 85.3 Å². The van der Waals surface area contributed by atoms with Crippen LogP contribution in [0.4, 0.5) is 4.79 Å². The van der Waals surface area contributed by atoms with Gasteiger partial charge >= 0.3 is 6.09 Å². The van der Waals surface area contributed by atoms with Crippen molar-refractivity contribution in [3.8, 4) is 0 Å². The topological polar surface area (TPSA) is 64.4 Å². The summed E-state index contributed by atoms with van der Waals surface area (Å²) in [6, 6.07) is 23.0. The summed E-state index contributed by atoms with van der Waals surface area (Å²) in [5, 5.41) is 2.10. The lowest BCUT2D eigenvalue weighted by Gasteiger charge is -2.34. The lowest BCUT2D eigenvalue weighted by atomic mass is 9.87. The van der Waals surface area contributed by atoms with Gasteiger partial charge in [0, 0.05) is 6.20 Å². The fourth-order valence-electron chi connectivity index (χ4n) is 4.60. The Morgan fingerprint density at radius 1 is 1.00 bits per heavy atom. The van der Waals surface area contributed by atoms with Gasteiger partial charge in [0.2, 0.25) is 0 Å². The van der Waals surface area contributed by atoms with Crippen molar-refractivity contribution in [1.29, 1.82) is 0 Å². The summed E-state index contributed by atoms with van der Waals surface area (Å²) in [6.45, 7) is 5.55. The molecule has 0 saturated carbocycles. The molecular formula is C27H25N3O3. The van der Waals surface area contributed by atoms with E-state index < -0.39 is 23.8 Å². The van der Waals surface area contributed by atoms with Crippen molar-refractivity contribution in [1.82, 2.24) is 14.5 Å². The van der Waals surface area contributed by atoms with Gasteiger partial charge in [-0.05, 0) is 48.7 Å². The van der Waals surface area contributed by atoms with Crippen LogP contribution >= 0.6 is 0 Å². The van der Waals surface area contributed by atoms with Crippen molar-refractivity contribution >= 4 is 22.8 Å². The SMILES string of the molecule is Cc1cn(C(C)(C(=O)N2C(=O)OC(c3ccccc3)C2C)c2ccc3ccccc3c2)cn1. The number of carbonyl (C=O) groups is 2. The first-order chi connectivity index (χ1) is 15.9. The number of aromatic nitrogens is 2. The Hall–Kier alpha value is -3.93. The maximum Gasteiger partial charge on any atom is 0.417 e. The Morgan fingerprint density at radius 3 is 2.39 bits per heavy atom. The molecule has 0 radical (unpaired) electrons. The molecule has 1 aliphatic rings. The first-order valence-corrected chi connectivity index (χ1v) is 11.0. The number of carbonyl (C=O) groups excluding carboxylic acids is 2. The van der Waals surface area contributed by atoms with E-state index in [4.69, 9.17) is 4.74 Å². The zero-order chi connectivity index (χ0) is 23.2. The molecule has 0 spiro atoms. The van der Waals surface area contributed by atoms with Gasteiger partial charge in [-0.3, -0.25) is 4.79 Å². The molecule has 1 aliphatic heterocycles. The lowest BCUT2D eigenvalue weighted by Crippen LogP contribution is -2.52. The highest BCUT2D eigenvalue weighted by Gasteiger charge is 2.50. The number of ether oxygens (including phenoxy) is 1. The number of benzene rings is 3. The Bertz CT molecular complexity index is 1350. The number of nitrogens with zero attached hydrogens (tertiary/aromatic N) is 3.